The maximum Gasteiger partial charge on any atom is 0.407 e. The Kier molecular flexibility index (Phi) is 11.2. The van der Waals surface area contributed by atoms with Crippen molar-refractivity contribution < 1.29 is 34.0 Å². The summed E-state index contributed by atoms with van der Waals surface area (Å²) in [5, 5.41) is 22.4. The average Bonchev–Trinajstić information content (AvgIpc) is 3.09. The van der Waals surface area contributed by atoms with Crippen LogP contribution < -0.4 is 5.32 Å². The van der Waals surface area contributed by atoms with Crippen LogP contribution in [0, 0.1) is 5.92 Å². The van der Waals surface area contributed by atoms with Gasteiger partial charge >= 0.3 is 12.1 Å². The summed E-state index contributed by atoms with van der Waals surface area (Å²) in [5.74, 6) is -0.639. The molecule has 10 heteroatoms. The van der Waals surface area contributed by atoms with Crippen LogP contribution in [0.25, 0.3) is 11.1 Å². The van der Waals surface area contributed by atoms with Gasteiger partial charge in [0.2, 0.25) is 0 Å². The van der Waals surface area contributed by atoms with Crippen molar-refractivity contribution in [1.82, 2.24) is 10.3 Å². The maximum atomic E-state index is 11.9. The van der Waals surface area contributed by atoms with Crippen molar-refractivity contribution in [2.75, 3.05) is 12.4 Å². The van der Waals surface area contributed by atoms with Gasteiger partial charge in [0, 0.05) is 30.0 Å². The first-order valence-electron chi connectivity index (χ1n) is 14.9. The number of hydrogen-bond acceptors (Lipinski definition) is 8. The Morgan fingerprint density at radius 1 is 0.978 bits per heavy atom. The van der Waals surface area contributed by atoms with Crippen molar-refractivity contribution in [1.29, 1.82) is 0 Å². The van der Waals surface area contributed by atoms with Crippen LogP contribution in [0.4, 0.5) is 4.79 Å². The van der Waals surface area contributed by atoms with Crippen LogP contribution in [0.1, 0.15) is 51.9 Å². The number of amides is 1. The molecule has 1 amide bonds. The van der Waals surface area contributed by atoms with Crippen LogP contribution in [-0.2, 0) is 27.4 Å². The van der Waals surface area contributed by atoms with Crippen LogP contribution >= 0.6 is 11.8 Å². The van der Waals surface area contributed by atoms with Crippen molar-refractivity contribution >= 4 is 23.8 Å². The zero-order valence-electron chi connectivity index (χ0n) is 25.4. The first kappa shape index (κ1) is 32.9. The molecule has 2 heterocycles. The number of ether oxygens (including phenoxy) is 3. The topological polar surface area (TPSA) is 127 Å². The lowest BCUT2D eigenvalue weighted by molar-refractivity contribution is -0.268. The standard InChI is InChI=1S/C36H36N2O7S/c1-3-17-43-36(42)38-20-25-7-4-8-27(18-25)28-9-5-10-29(19-28)35-44-31(22-46-33-30(34(40)41)11-6-16-37-33)23(2)32(45-35)26-14-12-24(21-39)13-15-26/h3-16,18-19,23,31-32,35,39H,1,17,20-22H2,2H3,(H,38,42)(H,40,41)/t23-,31+,32+,35+/m1/s1. The van der Waals surface area contributed by atoms with Crippen LogP contribution in [-0.4, -0.2) is 45.7 Å². The molecule has 0 aliphatic carbocycles. The van der Waals surface area contributed by atoms with Gasteiger partial charge in [-0.3, -0.25) is 0 Å². The lowest BCUT2D eigenvalue weighted by atomic mass is 9.91. The van der Waals surface area contributed by atoms with Gasteiger partial charge in [0.15, 0.2) is 6.29 Å². The summed E-state index contributed by atoms with van der Waals surface area (Å²) < 4.78 is 18.2. The van der Waals surface area contributed by atoms with E-state index in [0.717, 1.165) is 33.4 Å². The Morgan fingerprint density at radius 3 is 2.48 bits per heavy atom. The summed E-state index contributed by atoms with van der Waals surface area (Å²) in [6.45, 7) is 6.01. The minimum absolute atomic E-state index is 0.0498. The molecule has 1 aliphatic rings. The van der Waals surface area contributed by atoms with Gasteiger partial charge in [0.1, 0.15) is 11.6 Å². The van der Waals surface area contributed by atoms with Crippen molar-refractivity contribution in [2.45, 2.75) is 43.6 Å². The summed E-state index contributed by atoms with van der Waals surface area (Å²) in [4.78, 5) is 28.0. The quantitative estimate of drug-likeness (QED) is 0.112. The van der Waals surface area contributed by atoms with Crippen LogP contribution in [0.5, 0.6) is 0 Å². The largest absolute Gasteiger partial charge is 0.478 e. The molecular formula is C36H36N2O7S. The lowest BCUT2D eigenvalue weighted by Crippen LogP contribution is -2.38. The summed E-state index contributed by atoms with van der Waals surface area (Å²) in [5.41, 5.74) is 5.58. The molecule has 0 unspecified atom stereocenters. The molecule has 1 fully saturated rings. The third-order valence-corrected chi connectivity index (χ3v) is 8.79. The molecule has 3 aromatic carbocycles. The van der Waals surface area contributed by atoms with Crippen LogP contribution in [0.2, 0.25) is 0 Å². The highest BCUT2D eigenvalue weighted by molar-refractivity contribution is 7.99. The molecule has 1 aromatic heterocycles. The number of hydrogen-bond donors (Lipinski definition) is 3. The van der Waals surface area contributed by atoms with E-state index in [-0.39, 0.29) is 36.9 Å². The normalized spacial score (nSPS) is 19.3. The number of thioether (sulfide) groups is 1. The Bertz CT molecular complexity index is 1660. The predicted octanol–water partition coefficient (Wildman–Crippen LogP) is 6.94. The predicted molar refractivity (Wildman–Crippen MR) is 175 cm³/mol. The van der Waals surface area contributed by atoms with Gasteiger partial charge in [-0.15, -0.1) is 11.8 Å². The number of aliphatic hydroxyl groups excluding tert-OH is 1. The number of benzene rings is 3. The maximum absolute atomic E-state index is 11.9. The Labute approximate surface area is 272 Å². The number of pyridine rings is 1. The SMILES string of the molecule is C=CCOC(=O)NCc1cccc(-c2cccc([C@H]3O[C@@H](CSc4ncccc4C(=O)O)[C@@H](C)[C@@H](c4ccc(CO)cc4)O3)c2)c1. The van der Waals surface area contributed by atoms with E-state index in [1.807, 2.05) is 72.8 Å². The van der Waals surface area contributed by atoms with E-state index in [1.54, 1.807) is 18.3 Å². The molecule has 4 aromatic rings. The highest BCUT2D eigenvalue weighted by Crippen LogP contribution is 2.43. The van der Waals surface area contributed by atoms with E-state index in [0.29, 0.717) is 17.3 Å². The molecule has 4 atom stereocenters. The van der Waals surface area contributed by atoms with E-state index < -0.39 is 18.4 Å². The Hall–Kier alpha value is -4.48. The zero-order chi connectivity index (χ0) is 32.5. The van der Waals surface area contributed by atoms with Crippen molar-refractivity contribution in [3.63, 3.8) is 0 Å². The average molecular weight is 641 g/mol. The van der Waals surface area contributed by atoms with E-state index in [2.05, 4.69) is 23.8 Å². The van der Waals surface area contributed by atoms with Gasteiger partial charge in [0.25, 0.3) is 0 Å². The second kappa shape index (κ2) is 15.7. The van der Waals surface area contributed by atoms with E-state index in [4.69, 9.17) is 14.2 Å². The molecule has 46 heavy (non-hydrogen) atoms. The molecule has 0 bridgehead atoms. The molecule has 3 N–H and O–H groups in total. The van der Waals surface area contributed by atoms with Crippen LogP contribution in [0.3, 0.4) is 0 Å². The number of carboxylic acid groups (broad SMARTS) is 1. The van der Waals surface area contributed by atoms with Gasteiger partial charge < -0.3 is 29.7 Å². The molecule has 1 aliphatic heterocycles. The number of rotatable bonds is 12. The third kappa shape index (κ3) is 8.21. The smallest absolute Gasteiger partial charge is 0.407 e. The minimum atomic E-state index is -1.03. The fourth-order valence-corrected chi connectivity index (χ4v) is 6.38. The molecule has 238 valence electrons. The molecule has 9 nitrogen and oxygen atoms in total. The number of aliphatic hydroxyl groups is 1. The van der Waals surface area contributed by atoms with Crippen molar-refractivity contribution in [3.05, 3.63) is 132 Å². The number of alkyl carbamates (subject to hydrolysis) is 1. The third-order valence-electron chi connectivity index (χ3n) is 7.70. The number of nitrogens with one attached hydrogen (secondary N) is 1. The van der Waals surface area contributed by atoms with Gasteiger partial charge in [-0.2, -0.15) is 0 Å². The molecule has 5 rings (SSSR count). The highest BCUT2D eigenvalue weighted by Gasteiger charge is 2.38. The fraction of sp³-hybridized carbons (Fsp3) is 0.250. The monoisotopic (exact) mass is 640 g/mol. The molecule has 1 saturated heterocycles. The first-order valence-corrected chi connectivity index (χ1v) is 15.9. The van der Waals surface area contributed by atoms with Gasteiger partial charge in [-0.1, -0.05) is 80.2 Å². The number of carbonyl (C=O) groups excluding carboxylic acids is 1. The summed E-state index contributed by atoms with van der Waals surface area (Å²) in [6.07, 6.45) is 1.27. The first-order chi connectivity index (χ1) is 22.4. The number of nitrogens with zero attached hydrogens (tertiary/aromatic N) is 1. The zero-order valence-corrected chi connectivity index (χ0v) is 26.2. The lowest BCUT2D eigenvalue weighted by Gasteiger charge is -2.41. The van der Waals surface area contributed by atoms with Gasteiger partial charge in [-0.05, 0) is 52.1 Å². The van der Waals surface area contributed by atoms with E-state index in [9.17, 15) is 19.8 Å². The van der Waals surface area contributed by atoms with Crippen molar-refractivity contribution in [2.24, 2.45) is 5.92 Å². The number of carbonyl (C=O) groups is 2. The second-order valence-electron chi connectivity index (χ2n) is 10.9. The fourth-order valence-electron chi connectivity index (χ4n) is 5.23. The molecule has 0 radical (unpaired) electrons. The number of aromatic carboxylic acids is 1. The molecular weight excluding hydrogens is 604 g/mol. The van der Waals surface area contributed by atoms with Crippen LogP contribution in [0.15, 0.2) is 109 Å². The van der Waals surface area contributed by atoms with Gasteiger partial charge in [-0.25, -0.2) is 14.6 Å². The molecule has 0 saturated carbocycles. The number of aromatic nitrogens is 1. The highest BCUT2D eigenvalue weighted by atomic mass is 32.2. The summed E-state index contributed by atoms with van der Waals surface area (Å²) in [7, 11) is 0. The molecule has 0 spiro atoms. The van der Waals surface area contributed by atoms with Crippen molar-refractivity contribution in [3.8, 4) is 11.1 Å². The Balaban J connectivity index is 1.39. The minimum Gasteiger partial charge on any atom is -0.478 e. The second-order valence-corrected chi connectivity index (χ2v) is 11.9. The number of carboxylic acids is 1. The van der Waals surface area contributed by atoms with Gasteiger partial charge in [0.05, 0.1) is 24.4 Å². The summed E-state index contributed by atoms with van der Waals surface area (Å²) in [6, 6.07) is 26.7. The van der Waals surface area contributed by atoms with E-state index >= 15 is 0 Å². The van der Waals surface area contributed by atoms with E-state index in [1.165, 1.54) is 17.8 Å². The summed E-state index contributed by atoms with van der Waals surface area (Å²) >= 11 is 1.35. The Morgan fingerprint density at radius 2 is 1.74 bits per heavy atom.